The first-order valence-electron chi connectivity index (χ1n) is 6.37. The van der Waals surface area contributed by atoms with E-state index in [4.69, 9.17) is 10.7 Å². The van der Waals surface area contributed by atoms with Crippen LogP contribution in [-0.2, 0) is 0 Å². The summed E-state index contributed by atoms with van der Waals surface area (Å²) in [6.45, 7) is 6.16. The van der Waals surface area contributed by atoms with Gasteiger partial charge in [0, 0.05) is 18.8 Å². The first kappa shape index (κ1) is 16.1. The van der Waals surface area contributed by atoms with Gasteiger partial charge in [0.2, 0.25) is 0 Å². The molecule has 0 saturated heterocycles. The molecule has 0 unspecified atom stereocenters. The fraction of sp³-hybridized carbons (Fsp3) is 0.357. The van der Waals surface area contributed by atoms with Gasteiger partial charge < -0.3 is 4.90 Å². The number of nitriles is 1. The molecule has 0 atom stereocenters. The molecule has 1 aromatic carbocycles. The molecule has 106 valence electrons. The number of anilines is 2. The van der Waals surface area contributed by atoms with Crippen LogP contribution in [-0.4, -0.2) is 30.1 Å². The molecule has 0 spiro atoms. The van der Waals surface area contributed by atoms with Crippen molar-refractivity contribution in [1.29, 1.82) is 10.7 Å². The van der Waals surface area contributed by atoms with E-state index in [0.717, 1.165) is 24.5 Å². The average Bonchev–Trinajstić information content (AvgIpc) is 2.50. The maximum atomic E-state index is 8.90. The molecule has 0 saturated carbocycles. The van der Waals surface area contributed by atoms with E-state index < -0.39 is 0 Å². The summed E-state index contributed by atoms with van der Waals surface area (Å²) < 4.78 is 0. The molecule has 0 aliphatic heterocycles. The van der Waals surface area contributed by atoms with Gasteiger partial charge in [-0.2, -0.15) is 10.4 Å². The predicted octanol–water partition coefficient (Wildman–Crippen LogP) is 3.16. The molecule has 1 rings (SSSR count). The number of hydrogen-bond acceptors (Lipinski definition) is 6. The highest BCUT2D eigenvalue weighted by Crippen LogP contribution is 2.17. The van der Waals surface area contributed by atoms with Gasteiger partial charge >= 0.3 is 0 Å². The highest BCUT2D eigenvalue weighted by Gasteiger charge is 2.05. The summed E-state index contributed by atoms with van der Waals surface area (Å²) in [6.07, 6.45) is 1.74. The molecule has 0 aromatic heterocycles. The van der Waals surface area contributed by atoms with Gasteiger partial charge in [-0.25, -0.2) is 0 Å². The van der Waals surface area contributed by atoms with E-state index in [1.54, 1.807) is 6.26 Å². The van der Waals surface area contributed by atoms with E-state index in [0.29, 0.717) is 0 Å². The highest BCUT2D eigenvalue weighted by atomic mass is 32.2. The minimum Gasteiger partial charge on any atom is -0.372 e. The van der Waals surface area contributed by atoms with E-state index in [1.807, 2.05) is 30.3 Å². The van der Waals surface area contributed by atoms with Gasteiger partial charge in [-0.1, -0.05) is 0 Å². The minimum atomic E-state index is 0.0883. The second-order valence-electron chi connectivity index (χ2n) is 3.94. The van der Waals surface area contributed by atoms with Crippen molar-refractivity contribution in [3.8, 4) is 6.07 Å². The zero-order chi connectivity index (χ0) is 15.0. The maximum absolute atomic E-state index is 8.90. The van der Waals surface area contributed by atoms with Gasteiger partial charge in [-0.15, -0.1) is 11.8 Å². The molecule has 0 aliphatic carbocycles. The van der Waals surface area contributed by atoms with E-state index in [1.165, 1.54) is 11.8 Å². The Bertz CT molecular complexity index is 511. The number of hydrazone groups is 1. The Hall–Kier alpha value is -2.00. The summed E-state index contributed by atoms with van der Waals surface area (Å²) in [6, 6.07) is 9.75. The van der Waals surface area contributed by atoms with Crippen molar-refractivity contribution in [2.45, 2.75) is 13.8 Å². The quantitative estimate of drug-likeness (QED) is 0.479. The lowest BCUT2D eigenvalue weighted by Gasteiger charge is -2.21. The van der Waals surface area contributed by atoms with E-state index in [9.17, 15) is 0 Å². The van der Waals surface area contributed by atoms with Crippen LogP contribution in [0.4, 0.5) is 11.4 Å². The summed E-state index contributed by atoms with van der Waals surface area (Å²) in [5.74, 6) is 0. The zero-order valence-electron chi connectivity index (χ0n) is 12.0. The van der Waals surface area contributed by atoms with Crippen molar-refractivity contribution in [2.75, 3.05) is 29.7 Å². The Morgan fingerprint density at radius 2 is 1.95 bits per heavy atom. The van der Waals surface area contributed by atoms with Crippen molar-refractivity contribution in [3.05, 3.63) is 24.3 Å². The molecule has 6 heteroatoms. The van der Waals surface area contributed by atoms with Crippen molar-refractivity contribution < 1.29 is 0 Å². The summed E-state index contributed by atoms with van der Waals surface area (Å²) in [7, 11) is 0. The first-order chi connectivity index (χ1) is 9.65. The fourth-order valence-electron chi connectivity index (χ4n) is 1.68. The lowest BCUT2D eigenvalue weighted by Crippen LogP contribution is -2.21. The Morgan fingerprint density at radius 3 is 2.40 bits per heavy atom. The molecule has 0 fully saturated rings. The van der Waals surface area contributed by atoms with Crippen LogP contribution in [0.25, 0.3) is 0 Å². The highest BCUT2D eigenvalue weighted by molar-refractivity contribution is 8.15. The second kappa shape index (κ2) is 8.23. The molecule has 20 heavy (non-hydrogen) atoms. The number of hydrogen-bond donors (Lipinski definition) is 2. The molecule has 2 N–H and O–H groups in total. The number of thioether (sulfide) groups is 1. The third-order valence-corrected chi connectivity index (χ3v) is 3.42. The predicted molar refractivity (Wildman–Crippen MR) is 87.9 cm³/mol. The van der Waals surface area contributed by atoms with Crippen molar-refractivity contribution in [3.63, 3.8) is 0 Å². The van der Waals surface area contributed by atoms with Gasteiger partial charge in [-0.05, 0) is 44.4 Å². The summed E-state index contributed by atoms with van der Waals surface area (Å²) in [5, 5.41) is 20.6. The number of nitrogens with zero attached hydrogens (tertiary/aromatic N) is 3. The molecular weight excluding hydrogens is 270 g/mol. The smallest absolute Gasteiger partial charge is 0.192 e. The summed E-state index contributed by atoms with van der Waals surface area (Å²) in [4.78, 5) is 2.25. The second-order valence-corrected chi connectivity index (χ2v) is 4.75. The van der Waals surface area contributed by atoms with Crippen LogP contribution >= 0.6 is 11.8 Å². The van der Waals surface area contributed by atoms with Crippen LogP contribution in [0.1, 0.15) is 13.8 Å². The first-order valence-corrected chi connectivity index (χ1v) is 7.60. The van der Waals surface area contributed by atoms with Crippen LogP contribution in [0.2, 0.25) is 0 Å². The molecule has 0 heterocycles. The van der Waals surface area contributed by atoms with E-state index in [-0.39, 0.29) is 10.8 Å². The molecule has 5 nitrogen and oxygen atoms in total. The van der Waals surface area contributed by atoms with Crippen molar-refractivity contribution in [2.24, 2.45) is 5.10 Å². The zero-order valence-corrected chi connectivity index (χ0v) is 12.8. The Labute approximate surface area is 124 Å². The van der Waals surface area contributed by atoms with Gasteiger partial charge in [0.25, 0.3) is 0 Å². The lowest BCUT2D eigenvalue weighted by molar-refractivity contribution is 0.866. The Kier molecular flexibility index (Phi) is 6.60. The fourth-order valence-corrected chi connectivity index (χ4v) is 1.96. The summed E-state index contributed by atoms with van der Waals surface area (Å²) in [5.41, 5.74) is 4.84. The topological polar surface area (TPSA) is 75.3 Å². The van der Waals surface area contributed by atoms with E-state index >= 15 is 0 Å². The van der Waals surface area contributed by atoms with Crippen molar-refractivity contribution >= 4 is 33.9 Å². The van der Waals surface area contributed by atoms with Gasteiger partial charge in [0.05, 0.1) is 5.69 Å². The number of benzene rings is 1. The van der Waals surface area contributed by atoms with Gasteiger partial charge in [-0.3, -0.25) is 10.8 Å². The molecule has 0 aliphatic rings. The number of nitrogens with one attached hydrogen (secondary N) is 2. The monoisotopic (exact) mass is 289 g/mol. The van der Waals surface area contributed by atoms with Crippen LogP contribution < -0.4 is 10.3 Å². The van der Waals surface area contributed by atoms with Crippen LogP contribution in [0.3, 0.4) is 0 Å². The third kappa shape index (κ3) is 4.28. The minimum absolute atomic E-state index is 0.0883. The molecule has 0 radical (unpaired) electrons. The van der Waals surface area contributed by atoms with Gasteiger partial charge in [0.1, 0.15) is 11.1 Å². The number of rotatable bonds is 6. The van der Waals surface area contributed by atoms with Crippen LogP contribution in [0.5, 0.6) is 0 Å². The molecule has 1 aromatic rings. The molecule has 0 amide bonds. The maximum Gasteiger partial charge on any atom is 0.192 e. The SMILES string of the molecule is CCN(CC)c1ccc(NN=C(C#N)C(=N)SC)cc1. The molecular formula is C14H19N5S. The standard InChI is InChI=1S/C14H19N5S/c1-4-19(5-2)12-8-6-11(7-9-12)17-18-13(10-15)14(16)20-3/h6-9,16-17H,4-5H2,1-3H3. The third-order valence-electron chi connectivity index (χ3n) is 2.82. The summed E-state index contributed by atoms with van der Waals surface area (Å²) >= 11 is 1.19. The normalized spacial score (nSPS) is 10.8. The van der Waals surface area contributed by atoms with Crippen molar-refractivity contribution in [1.82, 2.24) is 0 Å². The average molecular weight is 289 g/mol. The van der Waals surface area contributed by atoms with Crippen LogP contribution in [0, 0.1) is 16.7 Å². The van der Waals surface area contributed by atoms with Crippen LogP contribution in [0.15, 0.2) is 29.4 Å². The Balaban J connectivity index is 2.78. The van der Waals surface area contributed by atoms with Gasteiger partial charge in [0.15, 0.2) is 5.71 Å². The largest absolute Gasteiger partial charge is 0.372 e. The molecule has 0 bridgehead atoms. The van der Waals surface area contributed by atoms with E-state index in [2.05, 4.69) is 29.3 Å². The lowest BCUT2D eigenvalue weighted by atomic mass is 10.2. The Morgan fingerprint density at radius 1 is 1.35 bits per heavy atom.